The molecule has 2 amide bonds. The number of halogens is 2. The molecule has 0 spiro atoms. The normalized spacial score (nSPS) is 11.2. The van der Waals surface area contributed by atoms with Gasteiger partial charge in [0.25, 0.3) is 5.91 Å². The van der Waals surface area contributed by atoms with Crippen LogP contribution in [0.15, 0.2) is 41.0 Å². The molecule has 0 saturated carbocycles. The van der Waals surface area contributed by atoms with Crippen LogP contribution in [0.4, 0.5) is 0 Å². The van der Waals surface area contributed by atoms with Crippen LogP contribution >= 0.6 is 23.2 Å². The average molecular weight is 369 g/mol. The van der Waals surface area contributed by atoms with Crippen LogP contribution < -0.4 is 5.32 Å². The molecule has 2 rings (SSSR count). The lowest BCUT2D eigenvalue weighted by Crippen LogP contribution is -2.46. The van der Waals surface area contributed by atoms with E-state index in [-0.39, 0.29) is 24.1 Å². The van der Waals surface area contributed by atoms with Gasteiger partial charge in [-0.05, 0) is 43.7 Å². The predicted molar refractivity (Wildman–Crippen MR) is 93.3 cm³/mol. The van der Waals surface area contributed by atoms with E-state index in [4.69, 9.17) is 27.6 Å². The van der Waals surface area contributed by atoms with Crippen molar-refractivity contribution in [3.8, 4) is 0 Å². The number of carbonyl (C=O) groups is 2. The number of hydrogen-bond acceptors (Lipinski definition) is 3. The third-order valence-electron chi connectivity index (χ3n) is 3.55. The van der Waals surface area contributed by atoms with Crippen LogP contribution in [0.3, 0.4) is 0 Å². The zero-order chi connectivity index (χ0) is 17.9. The molecule has 0 bridgehead atoms. The number of hydrogen-bond donors (Lipinski definition) is 1. The summed E-state index contributed by atoms with van der Waals surface area (Å²) in [6.45, 7) is 3.60. The Hall–Kier alpha value is -1.98. The Kier molecular flexibility index (Phi) is 5.57. The highest BCUT2D eigenvalue weighted by Gasteiger charge is 2.25. The van der Waals surface area contributed by atoms with E-state index < -0.39 is 5.54 Å². The molecule has 2 aromatic rings. The van der Waals surface area contributed by atoms with Crippen LogP contribution in [-0.4, -0.2) is 30.3 Å². The first-order valence-electron chi connectivity index (χ1n) is 7.26. The number of nitrogens with zero attached hydrogens (tertiary/aromatic N) is 1. The summed E-state index contributed by atoms with van der Waals surface area (Å²) in [5, 5.41) is 3.75. The summed E-state index contributed by atoms with van der Waals surface area (Å²) in [5.74, 6) is -0.468. The molecule has 0 saturated heterocycles. The fourth-order valence-corrected chi connectivity index (χ4v) is 2.52. The van der Waals surface area contributed by atoms with Crippen LogP contribution in [0.2, 0.25) is 10.0 Å². The van der Waals surface area contributed by atoms with Gasteiger partial charge >= 0.3 is 0 Å². The monoisotopic (exact) mass is 368 g/mol. The zero-order valence-electron chi connectivity index (χ0n) is 13.6. The maximum atomic E-state index is 12.3. The average Bonchev–Trinajstić information content (AvgIpc) is 3.02. The van der Waals surface area contributed by atoms with Gasteiger partial charge in [0.2, 0.25) is 5.91 Å². The molecule has 0 fully saturated rings. The molecule has 0 atom stereocenters. The molecular weight excluding hydrogens is 351 g/mol. The fraction of sp³-hybridized carbons (Fsp3) is 0.294. The molecule has 128 valence electrons. The Morgan fingerprint density at radius 3 is 2.50 bits per heavy atom. The van der Waals surface area contributed by atoms with E-state index in [1.165, 1.54) is 18.2 Å². The van der Waals surface area contributed by atoms with E-state index in [2.05, 4.69) is 5.32 Å². The standard InChI is InChI=1S/C17H18Cl2N2O3/c1-17(2,11-6-7-12(18)13(19)9-11)20-15(22)10-21(3)16(23)14-5-4-8-24-14/h4-9H,10H2,1-3H3,(H,20,22). The molecule has 1 aromatic carbocycles. The lowest BCUT2D eigenvalue weighted by Gasteiger charge is -2.28. The van der Waals surface area contributed by atoms with E-state index in [1.54, 1.807) is 30.3 Å². The van der Waals surface area contributed by atoms with Gasteiger partial charge in [0.05, 0.1) is 28.4 Å². The van der Waals surface area contributed by atoms with Crippen LogP contribution in [0.5, 0.6) is 0 Å². The Bertz CT molecular complexity index is 742. The molecule has 1 heterocycles. The molecule has 0 unspecified atom stereocenters. The highest BCUT2D eigenvalue weighted by molar-refractivity contribution is 6.42. The van der Waals surface area contributed by atoms with Gasteiger partial charge in [-0.25, -0.2) is 0 Å². The van der Waals surface area contributed by atoms with E-state index >= 15 is 0 Å². The van der Waals surface area contributed by atoms with Crippen LogP contribution in [0, 0.1) is 0 Å². The van der Waals surface area contributed by atoms with Crippen LogP contribution in [0.25, 0.3) is 0 Å². The molecule has 1 N–H and O–H groups in total. The third kappa shape index (κ3) is 4.30. The van der Waals surface area contributed by atoms with E-state index in [1.807, 2.05) is 13.8 Å². The fourth-order valence-electron chi connectivity index (χ4n) is 2.22. The van der Waals surface area contributed by atoms with Gasteiger partial charge in [-0.15, -0.1) is 0 Å². The minimum absolute atomic E-state index is 0.0930. The van der Waals surface area contributed by atoms with E-state index in [0.29, 0.717) is 10.0 Å². The molecule has 0 aliphatic rings. The zero-order valence-corrected chi connectivity index (χ0v) is 15.1. The van der Waals surface area contributed by atoms with E-state index in [9.17, 15) is 9.59 Å². The topological polar surface area (TPSA) is 62.6 Å². The second-order valence-electron chi connectivity index (χ2n) is 5.94. The first-order valence-corrected chi connectivity index (χ1v) is 8.02. The Morgan fingerprint density at radius 2 is 1.92 bits per heavy atom. The molecule has 0 aliphatic heterocycles. The SMILES string of the molecule is CN(CC(=O)NC(C)(C)c1ccc(Cl)c(Cl)c1)C(=O)c1ccco1. The molecule has 24 heavy (non-hydrogen) atoms. The van der Waals surface area contributed by atoms with Crippen molar-refractivity contribution in [1.82, 2.24) is 10.2 Å². The first kappa shape index (κ1) is 18.4. The molecule has 5 nitrogen and oxygen atoms in total. The van der Waals surface area contributed by atoms with Gasteiger partial charge in [-0.1, -0.05) is 29.3 Å². The van der Waals surface area contributed by atoms with Gasteiger partial charge in [-0.2, -0.15) is 0 Å². The minimum atomic E-state index is -0.667. The largest absolute Gasteiger partial charge is 0.459 e. The number of nitrogens with one attached hydrogen (secondary N) is 1. The summed E-state index contributed by atoms with van der Waals surface area (Å²) >= 11 is 11.9. The lowest BCUT2D eigenvalue weighted by molar-refractivity contribution is -0.123. The van der Waals surface area contributed by atoms with E-state index in [0.717, 1.165) is 5.56 Å². The van der Waals surface area contributed by atoms with Crippen molar-refractivity contribution in [2.24, 2.45) is 0 Å². The van der Waals surface area contributed by atoms with Crippen molar-refractivity contribution >= 4 is 35.0 Å². The summed E-state index contributed by atoms with van der Waals surface area (Å²) < 4.78 is 5.04. The smallest absolute Gasteiger partial charge is 0.289 e. The predicted octanol–water partition coefficient (Wildman–Crippen LogP) is 3.71. The number of likely N-dealkylation sites (N-methyl/N-ethyl adjacent to an activating group) is 1. The second-order valence-corrected chi connectivity index (χ2v) is 6.75. The van der Waals surface area contributed by atoms with Gasteiger partial charge < -0.3 is 14.6 Å². The lowest BCUT2D eigenvalue weighted by atomic mass is 9.94. The van der Waals surface area contributed by atoms with Gasteiger partial charge in [0, 0.05) is 7.05 Å². The van der Waals surface area contributed by atoms with Crippen molar-refractivity contribution < 1.29 is 14.0 Å². The minimum Gasteiger partial charge on any atom is -0.459 e. The summed E-state index contributed by atoms with van der Waals surface area (Å²) in [5.41, 5.74) is 0.144. The maximum absolute atomic E-state index is 12.3. The second kappa shape index (κ2) is 7.28. The summed E-state index contributed by atoms with van der Waals surface area (Å²) in [4.78, 5) is 25.6. The van der Waals surface area contributed by atoms with Crippen molar-refractivity contribution in [3.05, 3.63) is 58.0 Å². The summed E-state index contributed by atoms with van der Waals surface area (Å²) in [6, 6.07) is 8.36. The third-order valence-corrected chi connectivity index (χ3v) is 4.29. The number of carbonyl (C=O) groups excluding carboxylic acids is 2. The summed E-state index contributed by atoms with van der Waals surface area (Å²) in [6.07, 6.45) is 1.41. The van der Waals surface area contributed by atoms with Crippen LogP contribution in [0.1, 0.15) is 30.0 Å². The Labute approximate surface area is 150 Å². The molecule has 1 aromatic heterocycles. The number of furan rings is 1. The highest BCUT2D eigenvalue weighted by atomic mass is 35.5. The number of amides is 2. The highest BCUT2D eigenvalue weighted by Crippen LogP contribution is 2.28. The molecule has 0 radical (unpaired) electrons. The molecule has 0 aliphatic carbocycles. The van der Waals surface area contributed by atoms with Crippen LogP contribution in [-0.2, 0) is 10.3 Å². The van der Waals surface area contributed by atoms with Crippen molar-refractivity contribution in [2.75, 3.05) is 13.6 Å². The Balaban J connectivity index is 2.02. The molecular formula is C17H18Cl2N2O3. The quantitative estimate of drug-likeness (QED) is 0.874. The van der Waals surface area contributed by atoms with Crippen molar-refractivity contribution in [2.45, 2.75) is 19.4 Å². The van der Waals surface area contributed by atoms with Crippen molar-refractivity contribution in [1.29, 1.82) is 0 Å². The molecule has 7 heteroatoms. The number of benzene rings is 1. The van der Waals surface area contributed by atoms with Gasteiger partial charge in [0.1, 0.15) is 0 Å². The maximum Gasteiger partial charge on any atom is 0.289 e. The van der Waals surface area contributed by atoms with Gasteiger partial charge in [0.15, 0.2) is 5.76 Å². The summed E-state index contributed by atoms with van der Waals surface area (Å²) in [7, 11) is 1.54. The Morgan fingerprint density at radius 1 is 1.21 bits per heavy atom. The van der Waals surface area contributed by atoms with Crippen molar-refractivity contribution in [3.63, 3.8) is 0 Å². The van der Waals surface area contributed by atoms with Gasteiger partial charge in [-0.3, -0.25) is 9.59 Å². The first-order chi connectivity index (χ1) is 11.2. The number of rotatable bonds is 5.